The molecule has 0 bridgehead atoms. The lowest BCUT2D eigenvalue weighted by atomic mass is 9.87. The number of aromatic nitrogens is 1. The Kier molecular flexibility index (Phi) is 4.56. The summed E-state index contributed by atoms with van der Waals surface area (Å²) in [6.07, 6.45) is 0. The molecule has 1 heterocycles. The topological polar surface area (TPSA) is 45.2 Å². The van der Waals surface area contributed by atoms with Gasteiger partial charge in [-0.2, -0.15) is 0 Å². The van der Waals surface area contributed by atoms with E-state index in [1.54, 1.807) is 18.0 Å². The molecule has 1 aromatic heterocycles. The highest BCUT2D eigenvalue weighted by molar-refractivity contribution is 5.95. The van der Waals surface area contributed by atoms with E-state index in [-0.39, 0.29) is 17.4 Å². The number of carbonyl (C=O) groups excluding carboxylic acids is 1. The Morgan fingerprint density at radius 1 is 1.37 bits per heavy atom. The number of anilines is 1. The Balaban J connectivity index is 3.03. The van der Waals surface area contributed by atoms with Crippen molar-refractivity contribution in [1.82, 2.24) is 9.88 Å². The Morgan fingerprint density at radius 2 is 1.95 bits per heavy atom. The van der Waals surface area contributed by atoms with Crippen LogP contribution in [0.2, 0.25) is 0 Å². The highest BCUT2D eigenvalue weighted by atomic mass is 16.2. The van der Waals surface area contributed by atoms with Gasteiger partial charge in [0, 0.05) is 31.4 Å². The van der Waals surface area contributed by atoms with Crippen molar-refractivity contribution >= 4 is 11.7 Å². The minimum atomic E-state index is 0.0319. The van der Waals surface area contributed by atoms with Crippen LogP contribution in [0.15, 0.2) is 12.1 Å². The highest BCUT2D eigenvalue weighted by Crippen LogP contribution is 2.24. The van der Waals surface area contributed by atoms with Crippen LogP contribution in [0.1, 0.15) is 43.7 Å². The van der Waals surface area contributed by atoms with Crippen LogP contribution >= 0.6 is 0 Å². The fourth-order valence-corrected chi connectivity index (χ4v) is 1.88. The molecule has 0 aliphatic carbocycles. The lowest BCUT2D eigenvalue weighted by Crippen LogP contribution is -2.43. The van der Waals surface area contributed by atoms with E-state index in [0.717, 1.165) is 11.5 Å². The third kappa shape index (κ3) is 3.69. The maximum absolute atomic E-state index is 12.5. The van der Waals surface area contributed by atoms with E-state index in [0.29, 0.717) is 5.56 Å². The largest absolute Gasteiger partial charge is 0.373 e. The second-order valence-electron chi connectivity index (χ2n) is 6.09. The first-order valence-corrected chi connectivity index (χ1v) is 6.60. The van der Waals surface area contributed by atoms with Crippen molar-refractivity contribution in [2.75, 3.05) is 19.4 Å². The van der Waals surface area contributed by atoms with E-state index in [4.69, 9.17) is 0 Å². The molecule has 0 aromatic carbocycles. The smallest absolute Gasteiger partial charge is 0.254 e. The Morgan fingerprint density at radius 3 is 2.42 bits per heavy atom. The van der Waals surface area contributed by atoms with E-state index >= 15 is 0 Å². The Bertz CT molecular complexity index is 463. The van der Waals surface area contributed by atoms with Gasteiger partial charge in [0.05, 0.1) is 0 Å². The number of carbonyl (C=O) groups is 1. The number of hydrogen-bond donors (Lipinski definition) is 1. The lowest BCUT2D eigenvalue weighted by molar-refractivity contribution is 0.0629. The monoisotopic (exact) mass is 263 g/mol. The number of pyridine rings is 1. The third-order valence-corrected chi connectivity index (χ3v) is 3.61. The van der Waals surface area contributed by atoms with Crippen molar-refractivity contribution in [2.45, 2.75) is 40.7 Å². The van der Waals surface area contributed by atoms with Gasteiger partial charge in [-0.25, -0.2) is 4.98 Å². The van der Waals surface area contributed by atoms with Gasteiger partial charge in [0.1, 0.15) is 5.82 Å². The molecular formula is C15H25N3O. The van der Waals surface area contributed by atoms with Gasteiger partial charge < -0.3 is 10.2 Å². The summed E-state index contributed by atoms with van der Waals surface area (Å²) in [6.45, 7) is 10.4. The SMILES string of the molecule is CNc1cc(C(=O)N(C)C(C)C(C)(C)C)cc(C)n1. The van der Waals surface area contributed by atoms with Gasteiger partial charge in [-0.3, -0.25) is 4.79 Å². The van der Waals surface area contributed by atoms with Crippen molar-refractivity contribution < 1.29 is 4.79 Å². The number of nitrogens with one attached hydrogen (secondary N) is 1. The van der Waals surface area contributed by atoms with Crippen LogP contribution in [0.3, 0.4) is 0 Å². The molecule has 19 heavy (non-hydrogen) atoms. The summed E-state index contributed by atoms with van der Waals surface area (Å²) < 4.78 is 0. The van der Waals surface area contributed by atoms with Gasteiger partial charge in [0.25, 0.3) is 5.91 Å². The maximum atomic E-state index is 12.5. The van der Waals surface area contributed by atoms with Crippen molar-refractivity contribution in [1.29, 1.82) is 0 Å². The zero-order valence-electron chi connectivity index (χ0n) is 13.0. The number of nitrogens with zero attached hydrogens (tertiary/aromatic N) is 2. The van der Waals surface area contributed by atoms with Crippen LogP contribution in [0.5, 0.6) is 0 Å². The van der Waals surface area contributed by atoms with Crippen molar-refractivity contribution in [2.24, 2.45) is 5.41 Å². The van der Waals surface area contributed by atoms with Crippen molar-refractivity contribution in [3.05, 3.63) is 23.4 Å². The average molecular weight is 263 g/mol. The second kappa shape index (κ2) is 5.59. The summed E-state index contributed by atoms with van der Waals surface area (Å²) in [6, 6.07) is 3.78. The molecule has 1 amide bonds. The summed E-state index contributed by atoms with van der Waals surface area (Å²) in [5.74, 6) is 0.754. The van der Waals surface area contributed by atoms with Crippen LogP contribution in [-0.4, -0.2) is 35.9 Å². The zero-order chi connectivity index (χ0) is 14.8. The van der Waals surface area contributed by atoms with E-state index < -0.39 is 0 Å². The number of hydrogen-bond acceptors (Lipinski definition) is 3. The fraction of sp³-hybridized carbons (Fsp3) is 0.600. The average Bonchev–Trinajstić information content (AvgIpc) is 2.34. The molecule has 1 rings (SSSR count). The first-order chi connectivity index (χ1) is 8.66. The molecule has 0 saturated heterocycles. The van der Waals surface area contributed by atoms with Crippen molar-refractivity contribution in [3.63, 3.8) is 0 Å². The molecule has 106 valence electrons. The van der Waals surface area contributed by atoms with E-state index in [2.05, 4.69) is 38.0 Å². The van der Waals surface area contributed by atoms with E-state index in [1.165, 1.54) is 0 Å². The molecule has 4 heteroatoms. The molecule has 1 N–H and O–H groups in total. The summed E-state index contributed by atoms with van der Waals surface area (Å²) in [4.78, 5) is 18.6. The molecule has 1 aromatic rings. The molecule has 0 aliphatic rings. The van der Waals surface area contributed by atoms with Crippen LogP contribution in [0, 0.1) is 12.3 Å². The molecule has 1 atom stereocenters. The van der Waals surface area contributed by atoms with Gasteiger partial charge >= 0.3 is 0 Å². The predicted molar refractivity (Wildman–Crippen MR) is 79.5 cm³/mol. The predicted octanol–water partition coefficient (Wildman–Crippen LogP) is 2.94. The van der Waals surface area contributed by atoms with Gasteiger partial charge in [0.15, 0.2) is 0 Å². The van der Waals surface area contributed by atoms with E-state index in [1.807, 2.05) is 20.0 Å². The molecule has 0 aliphatic heterocycles. The minimum absolute atomic E-state index is 0.0319. The van der Waals surface area contributed by atoms with Crippen LogP contribution in [0.25, 0.3) is 0 Å². The molecule has 0 radical (unpaired) electrons. The molecule has 0 fully saturated rings. The maximum Gasteiger partial charge on any atom is 0.254 e. The van der Waals surface area contributed by atoms with Crippen LogP contribution in [0.4, 0.5) is 5.82 Å². The van der Waals surface area contributed by atoms with E-state index in [9.17, 15) is 4.79 Å². The second-order valence-corrected chi connectivity index (χ2v) is 6.09. The van der Waals surface area contributed by atoms with Gasteiger partial charge in [-0.1, -0.05) is 20.8 Å². The summed E-state index contributed by atoms with van der Waals surface area (Å²) in [5, 5.41) is 2.98. The van der Waals surface area contributed by atoms with Crippen LogP contribution < -0.4 is 5.32 Å². The lowest BCUT2D eigenvalue weighted by Gasteiger charge is -2.35. The Hall–Kier alpha value is -1.58. The molecular weight excluding hydrogens is 238 g/mol. The molecule has 4 nitrogen and oxygen atoms in total. The molecule has 0 spiro atoms. The first-order valence-electron chi connectivity index (χ1n) is 6.60. The van der Waals surface area contributed by atoms with Gasteiger partial charge in [0.2, 0.25) is 0 Å². The normalized spacial score (nSPS) is 13.0. The molecule has 1 unspecified atom stereocenters. The summed E-state index contributed by atoms with van der Waals surface area (Å²) in [7, 11) is 3.66. The summed E-state index contributed by atoms with van der Waals surface area (Å²) in [5.41, 5.74) is 1.57. The van der Waals surface area contributed by atoms with Crippen molar-refractivity contribution in [3.8, 4) is 0 Å². The van der Waals surface area contributed by atoms with Crippen LogP contribution in [-0.2, 0) is 0 Å². The van der Waals surface area contributed by atoms with Gasteiger partial charge in [-0.15, -0.1) is 0 Å². The fourth-order valence-electron chi connectivity index (χ4n) is 1.88. The standard InChI is InChI=1S/C15H25N3O/c1-10-8-12(9-13(16-6)17-10)14(19)18(7)11(2)15(3,4)5/h8-9,11H,1-7H3,(H,16,17). The molecule has 0 saturated carbocycles. The highest BCUT2D eigenvalue weighted by Gasteiger charge is 2.27. The van der Waals surface area contributed by atoms with Gasteiger partial charge in [-0.05, 0) is 31.4 Å². The number of amides is 1. The number of aryl methyl sites for hydroxylation is 1. The quantitative estimate of drug-likeness (QED) is 0.912. The zero-order valence-corrected chi connectivity index (χ0v) is 13.0. The first kappa shape index (κ1) is 15.5. The third-order valence-electron chi connectivity index (χ3n) is 3.61. The number of rotatable bonds is 3. The minimum Gasteiger partial charge on any atom is -0.373 e. The summed E-state index contributed by atoms with van der Waals surface area (Å²) >= 11 is 0. The Labute approximate surface area is 116 Å².